The zero-order valence-corrected chi connectivity index (χ0v) is 18.6. The van der Waals surface area contributed by atoms with Gasteiger partial charge < -0.3 is 5.32 Å². The van der Waals surface area contributed by atoms with E-state index in [1.165, 1.54) is 28.9 Å². The van der Waals surface area contributed by atoms with E-state index in [1.807, 2.05) is 30.3 Å². The summed E-state index contributed by atoms with van der Waals surface area (Å²) in [6.45, 7) is 0. The molecule has 0 bridgehead atoms. The van der Waals surface area contributed by atoms with Crippen molar-refractivity contribution in [2.24, 2.45) is 0 Å². The first-order valence-electron chi connectivity index (χ1n) is 9.95. The maximum atomic E-state index is 14.9. The summed E-state index contributed by atoms with van der Waals surface area (Å²) in [6.07, 6.45) is 1.77. The fourth-order valence-electron chi connectivity index (χ4n) is 3.60. The van der Waals surface area contributed by atoms with Gasteiger partial charge in [0, 0.05) is 16.3 Å². The van der Waals surface area contributed by atoms with Gasteiger partial charge in [0.25, 0.3) is 16.0 Å². The van der Waals surface area contributed by atoms with E-state index in [0.717, 1.165) is 5.56 Å². The second kappa shape index (κ2) is 8.34. The number of benzene rings is 3. The summed E-state index contributed by atoms with van der Waals surface area (Å²) >= 11 is 6.35. The van der Waals surface area contributed by atoms with Crippen molar-refractivity contribution in [3.05, 3.63) is 107 Å². The fraction of sp³-hybridized carbons (Fsp3) is 0.0435. The molecule has 3 aromatic carbocycles. The van der Waals surface area contributed by atoms with Crippen LogP contribution >= 0.6 is 11.6 Å². The van der Waals surface area contributed by atoms with Crippen LogP contribution in [0.1, 0.15) is 17.2 Å². The Balaban J connectivity index is 1.59. The number of hydrogen-bond acceptors (Lipinski definition) is 5. The molecule has 166 valence electrons. The molecular formula is C23H17ClFN5O2S. The van der Waals surface area contributed by atoms with Crippen LogP contribution in [0.5, 0.6) is 0 Å². The molecule has 10 heteroatoms. The molecule has 0 spiro atoms. The van der Waals surface area contributed by atoms with Crippen molar-refractivity contribution in [3.8, 4) is 0 Å². The van der Waals surface area contributed by atoms with Crippen LogP contribution < -0.4 is 10.0 Å². The van der Waals surface area contributed by atoms with E-state index in [4.69, 9.17) is 11.6 Å². The molecule has 0 amide bonds. The van der Waals surface area contributed by atoms with Gasteiger partial charge >= 0.3 is 0 Å². The highest BCUT2D eigenvalue weighted by Gasteiger charge is 2.29. The van der Waals surface area contributed by atoms with Crippen LogP contribution in [0.25, 0.3) is 5.70 Å². The fourth-order valence-corrected chi connectivity index (χ4v) is 4.83. The summed E-state index contributed by atoms with van der Waals surface area (Å²) in [5.41, 5.74) is 1.71. The zero-order valence-electron chi connectivity index (χ0n) is 17.0. The summed E-state index contributed by atoms with van der Waals surface area (Å²) < 4.78 is 44.1. The predicted molar refractivity (Wildman–Crippen MR) is 125 cm³/mol. The normalized spacial score (nSPS) is 15.3. The highest BCUT2D eigenvalue weighted by molar-refractivity contribution is 7.92. The molecule has 33 heavy (non-hydrogen) atoms. The topological polar surface area (TPSA) is 88.9 Å². The minimum absolute atomic E-state index is 0.0718. The molecule has 5 rings (SSSR count). The van der Waals surface area contributed by atoms with Crippen molar-refractivity contribution in [1.29, 1.82) is 0 Å². The van der Waals surface area contributed by atoms with Gasteiger partial charge in [-0.15, -0.1) is 5.10 Å². The van der Waals surface area contributed by atoms with E-state index in [2.05, 4.69) is 20.1 Å². The summed E-state index contributed by atoms with van der Waals surface area (Å²) in [7, 11) is -3.91. The van der Waals surface area contributed by atoms with Crippen molar-refractivity contribution in [2.75, 3.05) is 10.0 Å². The van der Waals surface area contributed by atoms with E-state index in [9.17, 15) is 12.8 Å². The van der Waals surface area contributed by atoms with Crippen molar-refractivity contribution in [3.63, 3.8) is 0 Å². The number of nitrogens with zero attached hydrogens (tertiary/aromatic N) is 3. The molecule has 0 saturated heterocycles. The molecule has 2 N–H and O–H groups in total. The average Bonchev–Trinajstić information content (AvgIpc) is 3.22. The first-order chi connectivity index (χ1) is 15.9. The first-order valence-corrected chi connectivity index (χ1v) is 11.8. The van der Waals surface area contributed by atoms with Gasteiger partial charge in [0.05, 0.1) is 4.90 Å². The summed E-state index contributed by atoms with van der Waals surface area (Å²) in [5.74, 6) is -0.418. The Hall–Kier alpha value is -3.69. The molecule has 0 radical (unpaired) electrons. The van der Waals surface area contributed by atoms with Gasteiger partial charge in [0.15, 0.2) is 0 Å². The Bertz CT molecular complexity index is 1440. The molecule has 1 unspecified atom stereocenters. The largest absolute Gasteiger partial charge is 0.324 e. The third kappa shape index (κ3) is 4.08. The predicted octanol–water partition coefficient (Wildman–Crippen LogP) is 4.93. The lowest BCUT2D eigenvalue weighted by molar-refractivity contribution is 0.552. The standard InChI is InChI=1S/C23H17ClFN5O2S/c24-17-12-7-13-18(25)21(17)20-14-19(15-8-3-1-4-9-15)26-23-27-22(28-30(20)23)29-33(31,32)16-10-5-2-6-11-16/h1-14,20H,(H2,26,27,28,29). The van der Waals surface area contributed by atoms with Crippen LogP contribution in [0.2, 0.25) is 5.02 Å². The van der Waals surface area contributed by atoms with Crippen LogP contribution in [0.15, 0.2) is 89.8 Å². The monoisotopic (exact) mass is 481 g/mol. The number of allylic oxidation sites excluding steroid dienone is 1. The van der Waals surface area contributed by atoms with Crippen molar-refractivity contribution in [1.82, 2.24) is 14.8 Å². The number of hydrogen-bond donors (Lipinski definition) is 2. The molecular weight excluding hydrogens is 465 g/mol. The van der Waals surface area contributed by atoms with Crippen LogP contribution in [0, 0.1) is 5.82 Å². The number of fused-ring (bicyclic) bond motifs is 1. The lowest BCUT2D eigenvalue weighted by atomic mass is 10.0. The SMILES string of the molecule is O=S(=O)(Nc1nc2n(n1)C(c1c(F)cccc1Cl)C=C(c1ccccc1)N2)c1ccccc1. The summed E-state index contributed by atoms with van der Waals surface area (Å²) in [6, 6.07) is 21.0. The molecule has 0 aliphatic carbocycles. The maximum absolute atomic E-state index is 14.9. The minimum Gasteiger partial charge on any atom is -0.324 e. The van der Waals surface area contributed by atoms with Gasteiger partial charge in [-0.25, -0.2) is 22.2 Å². The van der Waals surface area contributed by atoms with Crippen LogP contribution in [-0.4, -0.2) is 23.2 Å². The second-order valence-corrected chi connectivity index (χ2v) is 9.36. The van der Waals surface area contributed by atoms with E-state index in [-0.39, 0.29) is 27.4 Å². The Morgan fingerprint density at radius 2 is 1.67 bits per heavy atom. The molecule has 1 atom stereocenters. The van der Waals surface area contributed by atoms with E-state index in [1.54, 1.807) is 30.3 Å². The number of rotatable bonds is 5. The Morgan fingerprint density at radius 1 is 0.970 bits per heavy atom. The number of sulfonamides is 1. The van der Waals surface area contributed by atoms with Crippen molar-refractivity contribution in [2.45, 2.75) is 10.9 Å². The molecule has 0 fully saturated rings. The second-order valence-electron chi connectivity index (χ2n) is 7.27. The number of nitrogens with one attached hydrogen (secondary N) is 2. The molecule has 1 aliphatic rings. The zero-order chi connectivity index (χ0) is 23.0. The molecule has 1 aliphatic heterocycles. The van der Waals surface area contributed by atoms with E-state index >= 15 is 0 Å². The summed E-state index contributed by atoms with van der Waals surface area (Å²) in [4.78, 5) is 4.39. The first kappa shape index (κ1) is 21.2. The molecule has 1 aromatic heterocycles. The molecule has 2 heterocycles. The van der Waals surface area contributed by atoms with Crippen molar-refractivity contribution >= 4 is 39.2 Å². The highest BCUT2D eigenvalue weighted by Crippen LogP contribution is 2.37. The molecule has 7 nitrogen and oxygen atoms in total. The van der Waals surface area contributed by atoms with E-state index < -0.39 is 21.9 Å². The minimum atomic E-state index is -3.91. The summed E-state index contributed by atoms with van der Waals surface area (Å²) in [5, 5.41) is 7.68. The van der Waals surface area contributed by atoms with Gasteiger partial charge in [0.2, 0.25) is 5.95 Å². The van der Waals surface area contributed by atoms with Crippen molar-refractivity contribution < 1.29 is 12.8 Å². The third-order valence-corrected chi connectivity index (χ3v) is 6.80. The van der Waals surface area contributed by atoms with E-state index in [0.29, 0.717) is 5.70 Å². The van der Waals surface area contributed by atoms with Crippen LogP contribution in [0.3, 0.4) is 0 Å². The number of halogens is 2. The van der Waals surface area contributed by atoms with Gasteiger partial charge in [-0.1, -0.05) is 66.2 Å². The third-order valence-electron chi connectivity index (χ3n) is 5.13. The maximum Gasteiger partial charge on any atom is 0.264 e. The molecule has 0 saturated carbocycles. The van der Waals surface area contributed by atoms with Gasteiger partial charge in [-0.2, -0.15) is 4.98 Å². The highest BCUT2D eigenvalue weighted by atomic mass is 35.5. The average molecular weight is 482 g/mol. The molecule has 4 aromatic rings. The Labute approximate surface area is 194 Å². The lowest BCUT2D eigenvalue weighted by Crippen LogP contribution is -2.21. The Morgan fingerprint density at radius 3 is 2.36 bits per heavy atom. The quantitative estimate of drug-likeness (QED) is 0.422. The smallest absolute Gasteiger partial charge is 0.264 e. The Kier molecular flexibility index (Phi) is 5.35. The lowest BCUT2D eigenvalue weighted by Gasteiger charge is -2.25. The van der Waals surface area contributed by atoms with Crippen LogP contribution in [-0.2, 0) is 10.0 Å². The van der Waals surface area contributed by atoms with Gasteiger partial charge in [-0.05, 0) is 35.9 Å². The van der Waals surface area contributed by atoms with Gasteiger partial charge in [-0.3, -0.25) is 0 Å². The van der Waals surface area contributed by atoms with Crippen LogP contribution in [0.4, 0.5) is 16.3 Å². The number of anilines is 2. The van der Waals surface area contributed by atoms with Gasteiger partial charge in [0.1, 0.15) is 11.9 Å². The number of aromatic nitrogens is 3.